The number of fused-ring (bicyclic) bond motifs is 1. The molecule has 6 nitrogen and oxygen atoms in total. The smallest absolute Gasteiger partial charge is 0.296 e. The summed E-state index contributed by atoms with van der Waals surface area (Å²) in [6, 6.07) is 8.76. The predicted molar refractivity (Wildman–Crippen MR) is 72.9 cm³/mol. The number of anilines is 1. The van der Waals surface area contributed by atoms with Crippen molar-refractivity contribution in [1.29, 1.82) is 0 Å². The maximum absolute atomic E-state index is 12.8. The Bertz CT molecular complexity index is 688. The average Bonchev–Trinajstić information content (AvgIpc) is 2.92. The molecule has 7 heteroatoms. The van der Waals surface area contributed by atoms with Gasteiger partial charge < -0.3 is 14.8 Å². The summed E-state index contributed by atoms with van der Waals surface area (Å²) in [5.41, 5.74) is 1.04. The van der Waals surface area contributed by atoms with E-state index in [-0.39, 0.29) is 18.3 Å². The molecular weight excluding hydrogens is 279 g/mol. The predicted octanol–water partition coefficient (Wildman–Crippen LogP) is 3.07. The number of hydrogen-bond donors (Lipinski definition) is 1. The first-order valence-electron chi connectivity index (χ1n) is 6.20. The lowest BCUT2D eigenvalue weighted by Gasteiger charge is -2.08. The molecule has 0 fully saturated rings. The molecule has 0 atom stereocenters. The van der Waals surface area contributed by atoms with Gasteiger partial charge >= 0.3 is 0 Å². The van der Waals surface area contributed by atoms with E-state index < -0.39 is 4.92 Å². The van der Waals surface area contributed by atoms with Gasteiger partial charge in [0.15, 0.2) is 11.5 Å². The fourth-order valence-electron chi connectivity index (χ4n) is 2.02. The van der Waals surface area contributed by atoms with E-state index >= 15 is 0 Å². The molecule has 21 heavy (non-hydrogen) atoms. The van der Waals surface area contributed by atoms with Crippen LogP contribution in [0.2, 0.25) is 0 Å². The maximum atomic E-state index is 12.8. The molecule has 0 spiro atoms. The van der Waals surface area contributed by atoms with Crippen LogP contribution in [0.15, 0.2) is 36.4 Å². The standard InChI is InChI=1S/C14H11FN2O4/c15-10-3-1-9(2-4-10)7-16-11-5-13-14(21-8-20-13)6-12(11)17(18)19/h1-6,16H,7-8H2. The van der Waals surface area contributed by atoms with Gasteiger partial charge in [-0.15, -0.1) is 0 Å². The number of hydrogen-bond acceptors (Lipinski definition) is 5. The minimum absolute atomic E-state index is 0.0495. The van der Waals surface area contributed by atoms with Crippen molar-refractivity contribution in [2.45, 2.75) is 6.54 Å². The van der Waals surface area contributed by atoms with Crippen molar-refractivity contribution < 1.29 is 18.8 Å². The molecule has 0 saturated heterocycles. The lowest BCUT2D eigenvalue weighted by Crippen LogP contribution is -2.02. The number of rotatable bonds is 4. The van der Waals surface area contributed by atoms with Crippen LogP contribution in [0.4, 0.5) is 15.8 Å². The molecule has 1 N–H and O–H groups in total. The zero-order chi connectivity index (χ0) is 14.8. The average molecular weight is 290 g/mol. The Kier molecular flexibility index (Phi) is 3.31. The van der Waals surface area contributed by atoms with Crippen LogP contribution in [0.25, 0.3) is 0 Å². The summed E-state index contributed by atoms with van der Waals surface area (Å²) < 4.78 is 23.2. The molecule has 0 aliphatic carbocycles. The first-order valence-corrected chi connectivity index (χ1v) is 6.20. The molecule has 3 rings (SSSR count). The first-order chi connectivity index (χ1) is 10.1. The fourth-order valence-corrected chi connectivity index (χ4v) is 2.02. The van der Waals surface area contributed by atoms with Crippen LogP contribution in [0, 0.1) is 15.9 Å². The fraction of sp³-hybridized carbons (Fsp3) is 0.143. The van der Waals surface area contributed by atoms with Crippen LogP contribution in [0.3, 0.4) is 0 Å². The van der Waals surface area contributed by atoms with E-state index in [1.165, 1.54) is 24.3 Å². The molecule has 1 aliphatic heterocycles. The molecular formula is C14H11FN2O4. The van der Waals surface area contributed by atoms with E-state index in [1.807, 2.05) is 0 Å². The van der Waals surface area contributed by atoms with Gasteiger partial charge in [0.05, 0.1) is 11.0 Å². The number of halogens is 1. The highest BCUT2D eigenvalue weighted by molar-refractivity contribution is 5.69. The van der Waals surface area contributed by atoms with Crippen LogP contribution in [0.5, 0.6) is 11.5 Å². The third-order valence-corrected chi connectivity index (χ3v) is 3.08. The van der Waals surface area contributed by atoms with Crippen molar-refractivity contribution in [2.75, 3.05) is 12.1 Å². The second-order valence-corrected chi connectivity index (χ2v) is 4.46. The van der Waals surface area contributed by atoms with Gasteiger partial charge in [-0.05, 0) is 17.7 Å². The summed E-state index contributed by atoms with van der Waals surface area (Å²) in [6.07, 6.45) is 0. The number of benzene rings is 2. The van der Waals surface area contributed by atoms with Gasteiger partial charge in [0.1, 0.15) is 11.5 Å². The Morgan fingerprint density at radius 2 is 1.86 bits per heavy atom. The third kappa shape index (κ3) is 2.71. The Balaban J connectivity index is 1.84. The Labute approximate surface area is 119 Å². The molecule has 0 radical (unpaired) electrons. The summed E-state index contributed by atoms with van der Waals surface area (Å²) >= 11 is 0. The van der Waals surface area contributed by atoms with E-state index in [2.05, 4.69) is 5.32 Å². The van der Waals surface area contributed by atoms with E-state index in [0.29, 0.717) is 23.7 Å². The van der Waals surface area contributed by atoms with Crippen molar-refractivity contribution in [3.8, 4) is 11.5 Å². The van der Waals surface area contributed by atoms with E-state index in [1.54, 1.807) is 12.1 Å². The summed E-state index contributed by atoms with van der Waals surface area (Å²) in [5, 5.41) is 14.1. The highest BCUT2D eigenvalue weighted by atomic mass is 19.1. The maximum Gasteiger partial charge on any atom is 0.296 e. The summed E-state index contributed by atoms with van der Waals surface area (Å²) in [6.45, 7) is 0.384. The highest BCUT2D eigenvalue weighted by Gasteiger charge is 2.23. The van der Waals surface area contributed by atoms with Crippen molar-refractivity contribution in [2.24, 2.45) is 0 Å². The largest absolute Gasteiger partial charge is 0.454 e. The molecule has 0 saturated carbocycles. The monoisotopic (exact) mass is 290 g/mol. The van der Waals surface area contributed by atoms with Gasteiger partial charge in [0, 0.05) is 12.6 Å². The molecule has 2 aromatic carbocycles. The van der Waals surface area contributed by atoms with Gasteiger partial charge in [-0.25, -0.2) is 4.39 Å². The van der Waals surface area contributed by atoms with Crippen LogP contribution < -0.4 is 14.8 Å². The molecule has 108 valence electrons. The zero-order valence-electron chi connectivity index (χ0n) is 10.8. The van der Waals surface area contributed by atoms with Gasteiger partial charge in [-0.3, -0.25) is 10.1 Å². The number of nitrogens with one attached hydrogen (secondary N) is 1. The van der Waals surface area contributed by atoms with E-state index in [4.69, 9.17) is 9.47 Å². The Hall–Kier alpha value is -2.83. The Morgan fingerprint density at radius 3 is 2.52 bits per heavy atom. The van der Waals surface area contributed by atoms with Crippen molar-refractivity contribution >= 4 is 11.4 Å². The molecule has 0 amide bonds. The van der Waals surface area contributed by atoms with E-state index in [0.717, 1.165) is 5.56 Å². The molecule has 0 bridgehead atoms. The second-order valence-electron chi connectivity index (χ2n) is 4.46. The van der Waals surface area contributed by atoms with Gasteiger partial charge in [-0.1, -0.05) is 12.1 Å². The first kappa shape index (κ1) is 13.2. The van der Waals surface area contributed by atoms with Crippen LogP contribution >= 0.6 is 0 Å². The lowest BCUT2D eigenvalue weighted by molar-refractivity contribution is -0.384. The molecule has 0 unspecified atom stereocenters. The van der Waals surface area contributed by atoms with Crippen LogP contribution in [0.1, 0.15) is 5.56 Å². The summed E-state index contributed by atoms with van der Waals surface area (Å²) in [7, 11) is 0. The van der Waals surface area contributed by atoms with Gasteiger partial charge in [-0.2, -0.15) is 0 Å². The van der Waals surface area contributed by atoms with Crippen LogP contribution in [-0.4, -0.2) is 11.7 Å². The van der Waals surface area contributed by atoms with Gasteiger partial charge in [0.25, 0.3) is 5.69 Å². The number of ether oxygens (including phenoxy) is 2. The van der Waals surface area contributed by atoms with E-state index in [9.17, 15) is 14.5 Å². The summed E-state index contributed by atoms with van der Waals surface area (Å²) in [4.78, 5) is 10.6. The molecule has 1 heterocycles. The topological polar surface area (TPSA) is 73.6 Å². The summed E-state index contributed by atoms with van der Waals surface area (Å²) in [5.74, 6) is 0.490. The SMILES string of the molecule is O=[N+]([O-])c1cc2c(cc1NCc1ccc(F)cc1)OCO2. The lowest BCUT2D eigenvalue weighted by atomic mass is 10.2. The molecule has 1 aliphatic rings. The molecule has 0 aromatic heterocycles. The minimum atomic E-state index is -0.491. The number of nitrogens with zero attached hydrogens (tertiary/aromatic N) is 1. The normalized spacial score (nSPS) is 12.2. The number of nitro groups is 1. The molecule has 2 aromatic rings. The number of nitro benzene ring substituents is 1. The van der Waals surface area contributed by atoms with Crippen molar-refractivity contribution in [3.63, 3.8) is 0 Å². The Morgan fingerprint density at radius 1 is 1.19 bits per heavy atom. The van der Waals surface area contributed by atoms with Crippen molar-refractivity contribution in [3.05, 3.63) is 57.9 Å². The minimum Gasteiger partial charge on any atom is -0.454 e. The second kappa shape index (κ2) is 5.28. The third-order valence-electron chi connectivity index (χ3n) is 3.08. The zero-order valence-corrected chi connectivity index (χ0v) is 10.8. The van der Waals surface area contributed by atoms with Crippen molar-refractivity contribution in [1.82, 2.24) is 0 Å². The van der Waals surface area contributed by atoms with Gasteiger partial charge in [0.2, 0.25) is 6.79 Å². The quantitative estimate of drug-likeness (QED) is 0.692. The highest BCUT2D eigenvalue weighted by Crippen LogP contribution is 2.40. The van der Waals surface area contributed by atoms with Crippen LogP contribution in [-0.2, 0) is 6.54 Å².